The summed E-state index contributed by atoms with van der Waals surface area (Å²) in [5, 5.41) is 0. The first-order valence-corrected chi connectivity index (χ1v) is 8.83. The Hall–Kier alpha value is -2.93. The Kier molecular flexibility index (Phi) is 6.03. The third-order valence-electron chi connectivity index (χ3n) is 4.33. The van der Waals surface area contributed by atoms with E-state index in [2.05, 4.69) is 0 Å². The number of esters is 1. The van der Waals surface area contributed by atoms with Crippen molar-refractivity contribution in [3.63, 3.8) is 0 Å². The van der Waals surface area contributed by atoms with Gasteiger partial charge in [0.1, 0.15) is 18.7 Å². The molecule has 0 unspecified atom stereocenters. The van der Waals surface area contributed by atoms with Gasteiger partial charge in [0.2, 0.25) is 11.7 Å². The normalized spacial score (nSPS) is 16.6. The highest BCUT2D eigenvalue weighted by Gasteiger charge is 2.32. The largest absolute Gasteiger partial charge is 0.460 e. The molecular weight excluding hydrogens is 350 g/mol. The Morgan fingerprint density at radius 3 is 2.74 bits per heavy atom. The summed E-state index contributed by atoms with van der Waals surface area (Å²) in [5.41, 5.74) is 1.31. The maximum atomic E-state index is 12.2. The van der Waals surface area contributed by atoms with Crippen LogP contribution in [0.3, 0.4) is 0 Å². The molecule has 7 nitrogen and oxygen atoms in total. The van der Waals surface area contributed by atoms with Gasteiger partial charge in [-0.2, -0.15) is 0 Å². The number of furan rings is 1. The Morgan fingerprint density at radius 2 is 2.04 bits per heavy atom. The molecule has 1 atom stereocenters. The molecular formula is C20H21NO6. The van der Waals surface area contributed by atoms with E-state index >= 15 is 0 Å². The zero-order valence-corrected chi connectivity index (χ0v) is 15.1. The summed E-state index contributed by atoms with van der Waals surface area (Å²) in [6, 6.07) is 10.0. The number of carbonyl (C=O) groups excluding carboxylic acids is 3. The standard InChI is InChI=1S/C20H21NO6/c1-2-26-20(24)18-9-8-17(27-18)13-25-12-16-7-10-19(23)21(16)15-5-3-14(11-22)4-6-15/h3-6,8-9,11,16H,2,7,10,12-13H2,1H3/t16-/m1/s1. The summed E-state index contributed by atoms with van der Waals surface area (Å²) in [7, 11) is 0. The monoisotopic (exact) mass is 371 g/mol. The Morgan fingerprint density at radius 1 is 1.26 bits per heavy atom. The fourth-order valence-electron chi connectivity index (χ4n) is 3.03. The molecule has 142 valence electrons. The lowest BCUT2D eigenvalue weighted by Crippen LogP contribution is -2.36. The predicted molar refractivity (Wildman–Crippen MR) is 96.7 cm³/mol. The lowest BCUT2D eigenvalue weighted by molar-refractivity contribution is -0.117. The fourth-order valence-corrected chi connectivity index (χ4v) is 3.03. The Balaban J connectivity index is 1.57. The number of hydrogen-bond donors (Lipinski definition) is 0. The number of carbonyl (C=O) groups is 3. The summed E-state index contributed by atoms with van der Waals surface area (Å²) in [6.45, 7) is 2.55. The summed E-state index contributed by atoms with van der Waals surface area (Å²) in [6.07, 6.45) is 1.92. The first-order valence-electron chi connectivity index (χ1n) is 8.83. The molecule has 1 amide bonds. The highest BCUT2D eigenvalue weighted by molar-refractivity contribution is 5.96. The zero-order valence-electron chi connectivity index (χ0n) is 15.1. The first-order chi connectivity index (χ1) is 13.1. The lowest BCUT2D eigenvalue weighted by atomic mass is 10.2. The van der Waals surface area contributed by atoms with Crippen LogP contribution < -0.4 is 4.90 Å². The van der Waals surface area contributed by atoms with Crippen molar-refractivity contribution in [2.75, 3.05) is 18.1 Å². The van der Waals surface area contributed by atoms with E-state index in [1.54, 1.807) is 48.2 Å². The number of benzene rings is 1. The molecule has 1 aromatic carbocycles. The lowest BCUT2D eigenvalue weighted by Gasteiger charge is -2.24. The van der Waals surface area contributed by atoms with Gasteiger partial charge in [-0.3, -0.25) is 9.59 Å². The molecule has 1 saturated heterocycles. The number of hydrogen-bond acceptors (Lipinski definition) is 6. The van der Waals surface area contributed by atoms with Crippen molar-refractivity contribution in [3.8, 4) is 0 Å². The third-order valence-corrected chi connectivity index (χ3v) is 4.33. The van der Waals surface area contributed by atoms with Crippen LogP contribution in [0.15, 0.2) is 40.8 Å². The minimum Gasteiger partial charge on any atom is -0.460 e. The topological polar surface area (TPSA) is 86.0 Å². The van der Waals surface area contributed by atoms with Crippen molar-refractivity contribution in [1.82, 2.24) is 0 Å². The van der Waals surface area contributed by atoms with Gasteiger partial charge >= 0.3 is 5.97 Å². The third kappa shape index (κ3) is 4.43. The molecule has 27 heavy (non-hydrogen) atoms. The van der Waals surface area contributed by atoms with E-state index in [0.717, 1.165) is 12.0 Å². The molecule has 0 spiro atoms. The van der Waals surface area contributed by atoms with Crippen LogP contribution in [0.4, 0.5) is 5.69 Å². The summed E-state index contributed by atoms with van der Waals surface area (Å²) in [5.74, 6) is 0.188. The van der Waals surface area contributed by atoms with Crippen LogP contribution in [-0.2, 0) is 20.9 Å². The van der Waals surface area contributed by atoms with Crippen LogP contribution in [0.5, 0.6) is 0 Å². The number of anilines is 1. The average Bonchev–Trinajstić information content (AvgIpc) is 3.29. The minimum absolute atomic E-state index is 0.0325. The van der Waals surface area contributed by atoms with Gasteiger partial charge in [-0.25, -0.2) is 4.79 Å². The van der Waals surface area contributed by atoms with Crippen LogP contribution in [0.1, 0.15) is 46.4 Å². The molecule has 0 aliphatic carbocycles. The van der Waals surface area contributed by atoms with E-state index in [9.17, 15) is 14.4 Å². The Labute approximate surface area is 156 Å². The molecule has 1 aliphatic heterocycles. The second-order valence-corrected chi connectivity index (χ2v) is 6.17. The van der Waals surface area contributed by atoms with Gasteiger partial charge < -0.3 is 18.8 Å². The number of rotatable bonds is 8. The molecule has 2 heterocycles. The van der Waals surface area contributed by atoms with Crippen molar-refractivity contribution >= 4 is 23.9 Å². The van der Waals surface area contributed by atoms with Crippen molar-refractivity contribution in [3.05, 3.63) is 53.5 Å². The molecule has 1 fully saturated rings. The van der Waals surface area contributed by atoms with E-state index in [4.69, 9.17) is 13.9 Å². The smallest absolute Gasteiger partial charge is 0.374 e. The second kappa shape index (κ2) is 8.64. The second-order valence-electron chi connectivity index (χ2n) is 6.17. The van der Waals surface area contributed by atoms with Crippen molar-refractivity contribution in [1.29, 1.82) is 0 Å². The van der Waals surface area contributed by atoms with Crippen LogP contribution >= 0.6 is 0 Å². The maximum Gasteiger partial charge on any atom is 0.374 e. The van der Waals surface area contributed by atoms with Crippen LogP contribution in [0.2, 0.25) is 0 Å². The molecule has 1 aromatic heterocycles. The highest BCUT2D eigenvalue weighted by Crippen LogP contribution is 2.27. The number of nitrogens with zero attached hydrogens (tertiary/aromatic N) is 1. The SMILES string of the molecule is CCOC(=O)c1ccc(COC[C@H]2CCC(=O)N2c2ccc(C=O)cc2)o1. The molecule has 3 rings (SSSR count). The average molecular weight is 371 g/mol. The van der Waals surface area contributed by atoms with Crippen molar-refractivity contribution < 1.29 is 28.3 Å². The first kappa shape index (κ1) is 18.8. The van der Waals surface area contributed by atoms with Gasteiger partial charge in [-0.15, -0.1) is 0 Å². The quantitative estimate of drug-likeness (QED) is 0.524. The summed E-state index contributed by atoms with van der Waals surface area (Å²) < 4.78 is 16.0. The molecule has 2 aromatic rings. The molecule has 1 aliphatic rings. The minimum atomic E-state index is -0.505. The van der Waals surface area contributed by atoms with E-state index in [0.29, 0.717) is 30.8 Å². The van der Waals surface area contributed by atoms with Gasteiger partial charge in [0.05, 0.1) is 19.3 Å². The van der Waals surface area contributed by atoms with Crippen LogP contribution in [0, 0.1) is 0 Å². The number of aldehydes is 1. The Bertz CT molecular complexity index is 810. The van der Waals surface area contributed by atoms with Crippen LogP contribution in [0.25, 0.3) is 0 Å². The van der Waals surface area contributed by atoms with Crippen molar-refractivity contribution in [2.45, 2.75) is 32.4 Å². The van der Waals surface area contributed by atoms with E-state index in [-0.39, 0.29) is 30.9 Å². The summed E-state index contributed by atoms with van der Waals surface area (Å²) >= 11 is 0. The molecule has 0 radical (unpaired) electrons. The van der Waals surface area contributed by atoms with Crippen molar-refractivity contribution in [2.24, 2.45) is 0 Å². The van der Waals surface area contributed by atoms with Gasteiger partial charge in [-0.05, 0) is 49.7 Å². The maximum absolute atomic E-state index is 12.2. The molecule has 0 N–H and O–H groups in total. The van der Waals surface area contributed by atoms with Gasteiger partial charge in [-0.1, -0.05) is 0 Å². The van der Waals surface area contributed by atoms with Crippen LogP contribution in [-0.4, -0.2) is 37.4 Å². The highest BCUT2D eigenvalue weighted by atomic mass is 16.5. The van der Waals surface area contributed by atoms with Gasteiger partial charge in [0, 0.05) is 17.7 Å². The number of ether oxygens (including phenoxy) is 2. The fraction of sp³-hybridized carbons (Fsp3) is 0.350. The summed E-state index contributed by atoms with van der Waals surface area (Å²) in [4.78, 5) is 36.3. The van der Waals surface area contributed by atoms with E-state index < -0.39 is 5.97 Å². The van der Waals surface area contributed by atoms with Gasteiger partial charge in [0.15, 0.2) is 0 Å². The predicted octanol–water partition coefficient (Wildman–Crippen LogP) is 2.98. The molecule has 0 bridgehead atoms. The zero-order chi connectivity index (χ0) is 19.2. The van der Waals surface area contributed by atoms with E-state index in [1.165, 1.54) is 0 Å². The van der Waals surface area contributed by atoms with Gasteiger partial charge in [0.25, 0.3) is 0 Å². The van der Waals surface area contributed by atoms with E-state index in [1.807, 2.05) is 0 Å². The number of amides is 1. The molecule has 0 saturated carbocycles. The molecule has 7 heteroatoms.